The van der Waals surface area contributed by atoms with Crippen molar-refractivity contribution in [3.63, 3.8) is 0 Å². The molecular weight excluding hydrogens is 551 g/mol. The Balaban J connectivity index is 1.49. The van der Waals surface area contributed by atoms with Crippen LogP contribution in [0.3, 0.4) is 0 Å². The molecule has 1 unspecified atom stereocenters. The van der Waals surface area contributed by atoms with E-state index < -0.39 is 41.7 Å². The van der Waals surface area contributed by atoms with Crippen molar-refractivity contribution in [3.8, 4) is 11.1 Å². The van der Waals surface area contributed by atoms with Crippen LogP contribution in [0.15, 0.2) is 79.0 Å². The molecule has 4 rings (SSSR count). The summed E-state index contributed by atoms with van der Waals surface area (Å²) in [6.45, 7) is 0. The molecule has 212 valence electrons. The third kappa shape index (κ3) is 8.19. The van der Waals surface area contributed by atoms with Gasteiger partial charge in [-0.25, -0.2) is 9.18 Å². The molecule has 1 heterocycles. The number of carboxylic acid groups (broad SMARTS) is 1. The van der Waals surface area contributed by atoms with Gasteiger partial charge in [0.15, 0.2) is 0 Å². The zero-order valence-corrected chi connectivity index (χ0v) is 22.5. The summed E-state index contributed by atoms with van der Waals surface area (Å²) in [5.74, 6) is -2.88. The van der Waals surface area contributed by atoms with Gasteiger partial charge in [0, 0.05) is 16.6 Å². The summed E-state index contributed by atoms with van der Waals surface area (Å²) in [4.78, 5) is 37.7. The number of carboxylic acids is 1. The number of aromatic amines is 1. The molecule has 0 saturated heterocycles. The molecule has 0 bridgehead atoms. The van der Waals surface area contributed by atoms with E-state index in [1.54, 1.807) is 24.3 Å². The topological polar surface area (TPSA) is 163 Å². The maximum Gasteiger partial charge on any atom is 0.326 e. The first-order valence-corrected chi connectivity index (χ1v) is 13.1. The molecule has 10 nitrogen and oxygen atoms in total. The third-order valence-corrected chi connectivity index (χ3v) is 6.68. The highest BCUT2D eigenvalue weighted by molar-refractivity contribution is 6.30. The van der Waals surface area contributed by atoms with Gasteiger partial charge in [-0.3, -0.25) is 14.7 Å². The fraction of sp³-hybridized carbons (Fsp3) is 0.207. The Morgan fingerprint density at radius 3 is 2.34 bits per heavy atom. The van der Waals surface area contributed by atoms with E-state index in [4.69, 9.17) is 17.3 Å². The lowest BCUT2D eigenvalue weighted by atomic mass is 9.96. The van der Waals surface area contributed by atoms with Gasteiger partial charge in [0.1, 0.15) is 17.6 Å². The predicted octanol–water partition coefficient (Wildman–Crippen LogP) is 3.13. The lowest BCUT2D eigenvalue weighted by molar-refractivity contribution is -0.142. The van der Waals surface area contributed by atoms with Crippen molar-refractivity contribution in [2.45, 2.75) is 37.4 Å². The van der Waals surface area contributed by atoms with Crippen molar-refractivity contribution in [3.05, 3.63) is 107 Å². The van der Waals surface area contributed by atoms with Crippen molar-refractivity contribution in [1.82, 2.24) is 26.0 Å². The molecule has 0 radical (unpaired) electrons. The number of rotatable bonds is 12. The quantitative estimate of drug-likeness (QED) is 0.172. The molecule has 0 saturated carbocycles. The molecule has 0 aliphatic carbocycles. The second-order valence-electron chi connectivity index (χ2n) is 9.50. The fourth-order valence-corrected chi connectivity index (χ4v) is 4.51. The number of nitrogens with one attached hydrogen (secondary N) is 3. The summed E-state index contributed by atoms with van der Waals surface area (Å²) in [5.41, 5.74) is 8.64. The maximum atomic E-state index is 14.3. The Labute approximate surface area is 240 Å². The molecular formula is C29H28ClFN6O4. The predicted molar refractivity (Wildman–Crippen MR) is 150 cm³/mol. The molecule has 3 aromatic carbocycles. The van der Waals surface area contributed by atoms with E-state index in [1.165, 1.54) is 24.4 Å². The van der Waals surface area contributed by atoms with E-state index in [2.05, 4.69) is 26.0 Å². The number of amides is 2. The minimum absolute atomic E-state index is 0.0857. The van der Waals surface area contributed by atoms with E-state index in [9.17, 15) is 23.9 Å². The second-order valence-corrected chi connectivity index (χ2v) is 9.93. The van der Waals surface area contributed by atoms with Gasteiger partial charge in [0.05, 0.1) is 12.2 Å². The Morgan fingerprint density at radius 1 is 0.976 bits per heavy atom. The van der Waals surface area contributed by atoms with Crippen LogP contribution in [-0.2, 0) is 22.4 Å². The number of hydrogen-bond donors (Lipinski definition) is 5. The Bertz CT molecular complexity index is 1490. The standard InChI is InChI=1S/C29H28ClFN6O4/c30-20-10-11-23(31)22(14-20)19-8-6-18(7-9-19)12-21(34-28(39)26-16-33-37-36-26)15-25(29(40)41)35-27(38)24(32)13-17-4-2-1-3-5-17/h1-11,14,16,21,24-25H,12-13,15,32H2,(H,34,39)(H,35,38)(H,40,41)(H,33,36,37)/t21-,24?,25-/m1/s1. The highest BCUT2D eigenvalue weighted by atomic mass is 35.5. The second kappa shape index (κ2) is 13.6. The molecule has 6 N–H and O–H groups in total. The van der Waals surface area contributed by atoms with Gasteiger partial charge >= 0.3 is 5.97 Å². The molecule has 3 atom stereocenters. The Morgan fingerprint density at radius 2 is 1.68 bits per heavy atom. The van der Waals surface area contributed by atoms with Crippen molar-refractivity contribution in [1.29, 1.82) is 0 Å². The SMILES string of the molecule is NC(Cc1ccccc1)C(=O)N[C@H](C[C@@H](Cc1ccc(-c2cc(Cl)ccc2F)cc1)NC(=O)c1cnn[nH]1)C(=O)O. The summed E-state index contributed by atoms with van der Waals surface area (Å²) < 4.78 is 14.3. The third-order valence-electron chi connectivity index (χ3n) is 6.44. The molecule has 2 amide bonds. The van der Waals surface area contributed by atoms with Crippen LogP contribution < -0.4 is 16.4 Å². The van der Waals surface area contributed by atoms with E-state index >= 15 is 0 Å². The first kappa shape index (κ1) is 29.4. The van der Waals surface area contributed by atoms with Crippen molar-refractivity contribution >= 4 is 29.4 Å². The van der Waals surface area contributed by atoms with Gasteiger partial charge in [0.25, 0.3) is 5.91 Å². The molecule has 1 aromatic heterocycles. The molecule has 12 heteroatoms. The number of nitrogens with two attached hydrogens (primary N) is 1. The highest BCUT2D eigenvalue weighted by Crippen LogP contribution is 2.26. The number of nitrogens with zero attached hydrogens (tertiary/aromatic N) is 2. The van der Waals surface area contributed by atoms with Crippen molar-refractivity contribution in [2.75, 3.05) is 0 Å². The molecule has 0 spiro atoms. The van der Waals surface area contributed by atoms with Crippen LogP contribution in [0.5, 0.6) is 0 Å². The number of aliphatic carboxylic acids is 1. The van der Waals surface area contributed by atoms with E-state index in [-0.39, 0.29) is 25.0 Å². The smallest absolute Gasteiger partial charge is 0.326 e. The summed E-state index contributed by atoms with van der Waals surface area (Å²) in [5, 5.41) is 25.2. The molecule has 0 aliphatic heterocycles. The number of benzene rings is 3. The number of H-pyrrole nitrogens is 1. The number of hydrogen-bond acceptors (Lipinski definition) is 6. The van der Waals surface area contributed by atoms with Gasteiger partial charge in [-0.05, 0) is 54.2 Å². The number of aromatic nitrogens is 3. The van der Waals surface area contributed by atoms with Crippen LogP contribution in [0, 0.1) is 5.82 Å². The molecule has 41 heavy (non-hydrogen) atoms. The zero-order chi connectivity index (χ0) is 29.4. The summed E-state index contributed by atoms with van der Waals surface area (Å²) >= 11 is 6.02. The van der Waals surface area contributed by atoms with Crippen LogP contribution in [0.4, 0.5) is 4.39 Å². The first-order valence-electron chi connectivity index (χ1n) is 12.7. The fourth-order valence-electron chi connectivity index (χ4n) is 4.33. The van der Waals surface area contributed by atoms with Gasteiger partial charge in [0.2, 0.25) is 5.91 Å². The minimum atomic E-state index is -1.34. The Kier molecular flexibility index (Phi) is 9.77. The van der Waals surface area contributed by atoms with Crippen LogP contribution in [-0.4, -0.2) is 56.4 Å². The number of carbonyl (C=O) groups excluding carboxylic acids is 2. The Hall–Kier alpha value is -4.61. The largest absolute Gasteiger partial charge is 0.480 e. The minimum Gasteiger partial charge on any atom is -0.480 e. The highest BCUT2D eigenvalue weighted by Gasteiger charge is 2.28. The van der Waals surface area contributed by atoms with E-state index in [0.717, 1.165) is 11.1 Å². The van der Waals surface area contributed by atoms with Crippen LogP contribution in [0.1, 0.15) is 28.0 Å². The van der Waals surface area contributed by atoms with Gasteiger partial charge in [-0.1, -0.05) is 71.4 Å². The zero-order valence-electron chi connectivity index (χ0n) is 21.8. The van der Waals surface area contributed by atoms with E-state index in [1.807, 2.05) is 30.3 Å². The molecule has 0 fully saturated rings. The average molecular weight is 579 g/mol. The summed E-state index contributed by atoms with van der Waals surface area (Å²) in [7, 11) is 0. The number of halogens is 2. The molecule has 4 aromatic rings. The van der Waals surface area contributed by atoms with Gasteiger partial charge in [-0.15, -0.1) is 5.10 Å². The lowest BCUT2D eigenvalue weighted by Crippen LogP contribution is -2.52. The average Bonchev–Trinajstić information content (AvgIpc) is 3.50. The van der Waals surface area contributed by atoms with Crippen molar-refractivity contribution in [2.24, 2.45) is 5.73 Å². The first-order chi connectivity index (χ1) is 19.7. The van der Waals surface area contributed by atoms with E-state index in [0.29, 0.717) is 16.1 Å². The normalized spacial score (nSPS) is 13.1. The summed E-state index contributed by atoms with van der Waals surface area (Å²) in [6.07, 6.45) is 1.53. The maximum absolute atomic E-state index is 14.3. The van der Waals surface area contributed by atoms with Crippen LogP contribution in [0.25, 0.3) is 11.1 Å². The monoisotopic (exact) mass is 578 g/mol. The summed E-state index contributed by atoms with van der Waals surface area (Å²) in [6, 6.07) is 17.3. The van der Waals surface area contributed by atoms with Crippen molar-refractivity contribution < 1.29 is 23.9 Å². The van der Waals surface area contributed by atoms with Crippen LogP contribution in [0.2, 0.25) is 5.02 Å². The van der Waals surface area contributed by atoms with Gasteiger partial charge < -0.3 is 21.5 Å². The van der Waals surface area contributed by atoms with Gasteiger partial charge in [-0.2, -0.15) is 0 Å². The lowest BCUT2D eigenvalue weighted by Gasteiger charge is -2.24. The molecule has 0 aliphatic rings. The van der Waals surface area contributed by atoms with Crippen LogP contribution >= 0.6 is 11.6 Å². The number of carbonyl (C=O) groups is 3.